The molecule has 1 heterocycles. The number of benzene rings is 1. The van der Waals surface area contributed by atoms with Gasteiger partial charge in [0.25, 0.3) is 0 Å². The van der Waals surface area contributed by atoms with Gasteiger partial charge in [-0.3, -0.25) is 15.1 Å². The van der Waals surface area contributed by atoms with Gasteiger partial charge in [0, 0.05) is 37.1 Å². The van der Waals surface area contributed by atoms with Crippen molar-refractivity contribution in [2.75, 3.05) is 13.1 Å². The molecule has 0 aromatic heterocycles. The Hall–Kier alpha value is -2.20. The number of nitrogens with one attached hydrogen (secondary N) is 1. The molecule has 2 aliphatic rings. The predicted molar refractivity (Wildman–Crippen MR) is 132 cm³/mol. The van der Waals surface area contributed by atoms with Gasteiger partial charge >= 0.3 is 12.3 Å². The Morgan fingerprint density at radius 2 is 1.89 bits per heavy atom. The van der Waals surface area contributed by atoms with Crippen LogP contribution in [0, 0.1) is 29.5 Å². The molecule has 5 atom stereocenters. The molecule has 1 saturated carbocycles. The van der Waals surface area contributed by atoms with Crippen LogP contribution in [-0.2, 0) is 17.5 Å². The Labute approximate surface area is 216 Å². The lowest BCUT2D eigenvalue weighted by Gasteiger charge is -2.44. The Kier molecular flexibility index (Phi) is 8.94. The van der Waals surface area contributed by atoms with E-state index in [0.29, 0.717) is 31.0 Å². The van der Waals surface area contributed by atoms with Gasteiger partial charge in [-0.2, -0.15) is 13.2 Å². The lowest BCUT2D eigenvalue weighted by molar-refractivity contribution is -0.140. The molecule has 1 aromatic rings. The van der Waals surface area contributed by atoms with Crippen LogP contribution in [0.3, 0.4) is 0 Å². The SMILES string of the molecule is CC(C)CC(C=O)[C@@H](N[C@@H]1CC[C@H]2CN(Cc3ccc(F)c(C(F)(F)F)c3)C[C@H]21)N(C(=O)O)C(C)(C)C. The summed E-state index contributed by atoms with van der Waals surface area (Å²) < 4.78 is 53.2. The van der Waals surface area contributed by atoms with E-state index in [9.17, 15) is 32.3 Å². The van der Waals surface area contributed by atoms with Crippen molar-refractivity contribution in [2.45, 2.75) is 84.3 Å². The highest BCUT2D eigenvalue weighted by Gasteiger charge is 2.46. The second-order valence-electron chi connectivity index (χ2n) is 12.0. The smallest absolute Gasteiger partial charge is 0.419 e. The third-order valence-corrected chi connectivity index (χ3v) is 7.59. The largest absolute Gasteiger partial charge is 0.465 e. The molecule has 37 heavy (non-hydrogen) atoms. The van der Waals surface area contributed by atoms with Crippen LogP contribution in [0.4, 0.5) is 22.4 Å². The van der Waals surface area contributed by atoms with Crippen LogP contribution >= 0.6 is 0 Å². The number of aldehydes is 1. The van der Waals surface area contributed by atoms with Crippen LogP contribution in [0.2, 0.25) is 0 Å². The van der Waals surface area contributed by atoms with Gasteiger partial charge in [0.1, 0.15) is 12.1 Å². The molecule has 1 saturated heterocycles. The number of likely N-dealkylation sites (tertiary alicyclic amines) is 1. The third-order valence-electron chi connectivity index (χ3n) is 7.59. The van der Waals surface area contributed by atoms with E-state index in [1.54, 1.807) is 20.8 Å². The van der Waals surface area contributed by atoms with Gasteiger partial charge in [0.15, 0.2) is 0 Å². The number of rotatable bonds is 9. The Morgan fingerprint density at radius 3 is 2.43 bits per heavy atom. The normalized spacial score (nSPS) is 24.2. The zero-order valence-electron chi connectivity index (χ0n) is 22.2. The highest BCUT2D eigenvalue weighted by Crippen LogP contribution is 2.40. The van der Waals surface area contributed by atoms with E-state index in [0.717, 1.165) is 31.3 Å². The number of nitrogens with zero attached hydrogens (tertiary/aromatic N) is 2. The first-order chi connectivity index (χ1) is 17.1. The zero-order valence-corrected chi connectivity index (χ0v) is 22.2. The summed E-state index contributed by atoms with van der Waals surface area (Å²) in [5.41, 5.74) is -1.59. The van der Waals surface area contributed by atoms with Gasteiger partial charge in [0.05, 0.1) is 11.7 Å². The maximum Gasteiger partial charge on any atom is 0.419 e. The minimum Gasteiger partial charge on any atom is -0.465 e. The summed E-state index contributed by atoms with van der Waals surface area (Å²) in [6, 6.07) is 3.10. The van der Waals surface area contributed by atoms with Gasteiger partial charge in [-0.15, -0.1) is 0 Å². The summed E-state index contributed by atoms with van der Waals surface area (Å²) in [6.45, 7) is 11.0. The molecule has 3 rings (SSSR count). The van der Waals surface area contributed by atoms with E-state index in [1.165, 1.54) is 11.0 Å². The first-order valence-corrected chi connectivity index (χ1v) is 12.9. The van der Waals surface area contributed by atoms with Crippen LogP contribution in [0.5, 0.6) is 0 Å². The average molecular weight is 530 g/mol. The lowest BCUT2D eigenvalue weighted by atomic mass is 9.90. The van der Waals surface area contributed by atoms with Crippen molar-refractivity contribution in [1.82, 2.24) is 15.1 Å². The Morgan fingerprint density at radius 1 is 1.22 bits per heavy atom. The summed E-state index contributed by atoms with van der Waals surface area (Å²) in [7, 11) is 0. The minimum absolute atomic E-state index is 0.0298. The molecule has 0 bridgehead atoms. The number of hydrogen-bond donors (Lipinski definition) is 2. The van der Waals surface area contributed by atoms with Crippen molar-refractivity contribution in [3.8, 4) is 0 Å². The number of amides is 1. The minimum atomic E-state index is -4.75. The fraction of sp³-hybridized carbons (Fsp3) is 0.704. The van der Waals surface area contributed by atoms with Gasteiger partial charge < -0.3 is 9.90 Å². The third kappa shape index (κ3) is 7.02. The van der Waals surface area contributed by atoms with Gasteiger partial charge in [-0.1, -0.05) is 19.9 Å². The number of fused-ring (bicyclic) bond motifs is 1. The summed E-state index contributed by atoms with van der Waals surface area (Å²) in [5, 5.41) is 13.6. The molecule has 2 fully saturated rings. The van der Waals surface area contributed by atoms with E-state index < -0.39 is 41.3 Å². The lowest BCUT2D eigenvalue weighted by Crippen LogP contribution is -2.62. The van der Waals surface area contributed by atoms with Crippen molar-refractivity contribution in [1.29, 1.82) is 0 Å². The number of hydrogen-bond acceptors (Lipinski definition) is 4. The highest BCUT2D eigenvalue weighted by molar-refractivity contribution is 5.68. The molecular weight excluding hydrogens is 490 g/mol. The second kappa shape index (κ2) is 11.3. The van der Waals surface area contributed by atoms with Crippen LogP contribution in [-0.4, -0.2) is 58.1 Å². The fourth-order valence-electron chi connectivity index (χ4n) is 6.08. The molecule has 0 spiro atoms. The van der Waals surface area contributed by atoms with Crippen molar-refractivity contribution in [3.63, 3.8) is 0 Å². The summed E-state index contributed by atoms with van der Waals surface area (Å²) in [4.78, 5) is 27.9. The second-order valence-corrected chi connectivity index (χ2v) is 12.0. The van der Waals surface area contributed by atoms with E-state index in [2.05, 4.69) is 10.2 Å². The molecular formula is C27H39F4N3O3. The molecule has 1 aromatic carbocycles. The average Bonchev–Trinajstić information content (AvgIpc) is 3.31. The maximum atomic E-state index is 13.7. The van der Waals surface area contributed by atoms with Crippen molar-refractivity contribution in [3.05, 3.63) is 35.1 Å². The first-order valence-electron chi connectivity index (χ1n) is 12.9. The molecule has 0 radical (unpaired) electrons. The maximum absolute atomic E-state index is 13.7. The van der Waals surface area contributed by atoms with Crippen molar-refractivity contribution < 1.29 is 32.3 Å². The van der Waals surface area contributed by atoms with E-state index in [4.69, 9.17) is 0 Å². The van der Waals surface area contributed by atoms with Crippen LogP contribution in [0.25, 0.3) is 0 Å². The standard InChI is InChI=1S/C27H39F4N3O3/c1-16(2)10-19(15-35)24(34(25(36)37)26(3,4)5)32-23-9-7-18-13-33(14-20(18)23)12-17-6-8-22(28)21(11-17)27(29,30)31/h6,8,11,15-16,18-20,23-24,32H,7,9-10,12-14H2,1-5H3,(H,36,37)/t18-,19?,20+,23+,24-/m0/s1. The molecule has 1 unspecified atom stereocenters. The van der Waals surface area contributed by atoms with E-state index >= 15 is 0 Å². The number of carboxylic acid groups (broad SMARTS) is 1. The van der Waals surface area contributed by atoms with Gasteiger partial charge in [-0.25, -0.2) is 9.18 Å². The number of carbonyl (C=O) groups is 2. The Bertz CT molecular complexity index is 963. The van der Waals surface area contributed by atoms with E-state index in [1.807, 2.05) is 13.8 Å². The summed E-state index contributed by atoms with van der Waals surface area (Å²) in [5.74, 6) is -1.12. The molecule has 6 nitrogen and oxygen atoms in total. The number of halogens is 4. The zero-order chi connectivity index (χ0) is 27.7. The van der Waals surface area contributed by atoms with Gasteiger partial charge in [-0.05, 0) is 75.5 Å². The molecule has 10 heteroatoms. The predicted octanol–water partition coefficient (Wildman–Crippen LogP) is 5.61. The summed E-state index contributed by atoms with van der Waals surface area (Å²) >= 11 is 0. The first kappa shape index (κ1) is 29.4. The van der Waals surface area contributed by atoms with E-state index in [-0.39, 0.29) is 24.4 Å². The summed E-state index contributed by atoms with van der Waals surface area (Å²) in [6.07, 6.45) is -3.42. The molecule has 1 aliphatic carbocycles. The van der Waals surface area contributed by atoms with Crippen molar-refractivity contribution >= 4 is 12.4 Å². The molecule has 1 amide bonds. The quantitative estimate of drug-likeness (QED) is 0.247. The highest BCUT2D eigenvalue weighted by atomic mass is 19.4. The number of carbonyl (C=O) groups excluding carboxylic acids is 1. The molecule has 208 valence electrons. The van der Waals surface area contributed by atoms with Gasteiger partial charge in [0.2, 0.25) is 0 Å². The van der Waals surface area contributed by atoms with Crippen LogP contribution in [0.15, 0.2) is 18.2 Å². The monoisotopic (exact) mass is 529 g/mol. The molecule has 2 N–H and O–H groups in total. The van der Waals surface area contributed by atoms with Crippen LogP contribution < -0.4 is 5.32 Å². The topological polar surface area (TPSA) is 72.9 Å². The van der Waals surface area contributed by atoms with Crippen molar-refractivity contribution in [2.24, 2.45) is 23.7 Å². The molecule has 1 aliphatic heterocycles. The Balaban J connectivity index is 1.78. The number of alkyl halides is 3. The fourth-order valence-corrected chi connectivity index (χ4v) is 6.08. The van der Waals surface area contributed by atoms with Crippen LogP contribution in [0.1, 0.15) is 65.0 Å².